The third-order valence-corrected chi connectivity index (χ3v) is 14.5. The van der Waals surface area contributed by atoms with Gasteiger partial charge in [-0.05, 0) is 60.6 Å². The molecule has 0 spiro atoms. The van der Waals surface area contributed by atoms with Crippen molar-refractivity contribution in [2.75, 3.05) is 19.8 Å². The largest absolute Gasteiger partial charge is 0.491 e. The Morgan fingerprint density at radius 2 is 1.27 bits per heavy atom. The van der Waals surface area contributed by atoms with E-state index in [2.05, 4.69) is 64.4 Å². The van der Waals surface area contributed by atoms with Crippen LogP contribution in [-0.4, -0.2) is 25.8 Å². The number of carbonyl (C=O) groups is 1. The van der Waals surface area contributed by atoms with Gasteiger partial charge in [0, 0.05) is 26.4 Å². The zero-order valence-corrected chi connectivity index (χ0v) is 33.8. The highest BCUT2D eigenvalue weighted by atomic mass is 32.1. The number of carbonyl (C=O) groups excluding carboxylic acids is 1. The molecule has 0 radical (unpaired) electrons. The van der Waals surface area contributed by atoms with E-state index in [9.17, 15) is 4.79 Å². The SMILES string of the molecule is CCCCC(CC)COC(=O)c1cc2csc(-c3cc4c(OCC(CC)CCCC)c5sccc5c(OCC(CC)CCCC)c4s3)c2s1. The molecule has 4 nitrogen and oxygen atoms in total. The number of hydrogen-bond donors (Lipinski definition) is 0. The van der Waals surface area contributed by atoms with Gasteiger partial charge >= 0.3 is 5.97 Å². The molecule has 0 aliphatic carbocycles. The molecule has 0 saturated heterocycles. The monoisotopic (exact) mass is 740 g/mol. The molecule has 49 heavy (non-hydrogen) atoms. The minimum atomic E-state index is -0.197. The summed E-state index contributed by atoms with van der Waals surface area (Å²) >= 11 is 6.88. The van der Waals surface area contributed by atoms with E-state index in [0.717, 1.165) is 71.3 Å². The number of unbranched alkanes of at least 4 members (excludes halogenated alkanes) is 3. The summed E-state index contributed by atoms with van der Waals surface area (Å²) in [6.07, 6.45) is 14.0. The standard InChI is InChI=1S/C41H56O4S4/c1-7-13-16-27(10-4)23-43-35-31-19-20-46-38(31)36(44-24-28(11-5)17-14-8-2)32-22-33(48-39(32)35)40-37-30(26-47-40)21-34(49-37)41(42)45-25-29(12-6)18-15-9-3/h19-22,26-29H,7-18,23-25H2,1-6H3. The van der Waals surface area contributed by atoms with E-state index in [4.69, 9.17) is 14.2 Å². The van der Waals surface area contributed by atoms with E-state index in [1.165, 1.54) is 70.5 Å². The number of rotatable bonds is 22. The summed E-state index contributed by atoms with van der Waals surface area (Å²) in [6, 6.07) is 6.56. The van der Waals surface area contributed by atoms with Crippen molar-refractivity contribution in [2.24, 2.45) is 17.8 Å². The molecule has 3 atom stereocenters. The first kappa shape index (κ1) is 38.1. The van der Waals surface area contributed by atoms with E-state index in [-0.39, 0.29) is 5.97 Å². The Bertz CT molecular complexity index is 1690. The average molecular weight is 741 g/mol. The summed E-state index contributed by atoms with van der Waals surface area (Å²) in [4.78, 5) is 16.3. The molecule has 3 unspecified atom stereocenters. The van der Waals surface area contributed by atoms with Gasteiger partial charge in [-0.1, -0.05) is 99.3 Å². The molecule has 5 rings (SSSR count). The van der Waals surface area contributed by atoms with Gasteiger partial charge in [-0.25, -0.2) is 4.79 Å². The molecule has 268 valence electrons. The van der Waals surface area contributed by atoms with Crippen LogP contribution >= 0.6 is 45.3 Å². The van der Waals surface area contributed by atoms with Gasteiger partial charge in [-0.15, -0.1) is 45.3 Å². The average Bonchev–Trinajstić information content (AvgIpc) is 3.93. The third kappa shape index (κ3) is 9.22. The molecule has 0 bridgehead atoms. The molecule has 0 aliphatic rings. The van der Waals surface area contributed by atoms with Crippen LogP contribution in [0, 0.1) is 17.8 Å². The van der Waals surface area contributed by atoms with Gasteiger partial charge < -0.3 is 14.2 Å². The van der Waals surface area contributed by atoms with Crippen LogP contribution < -0.4 is 9.47 Å². The molecule has 0 fully saturated rings. The van der Waals surface area contributed by atoms with Gasteiger partial charge in [-0.2, -0.15) is 0 Å². The Kier molecular flexibility index (Phi) is 14.7. The Hall–Kier alpha value is -2.13. The molecular formula is C41H56O4S4. The van der Waals surface area contributed by atoms with Crippen LogP contribution in [0.2, 0.25) is 0 Å². The van der Waals surface area contributed by atoms with E-state index in [1.54, 1.807) is 45.3 Å². The maximum Gasteiger partial charge on any atom is 0.348 e. The highest BCUT2D eigenvalue weighted by Crippen LogP contribution is 2.52. The van der Waals surface area contributed by atoms with Gasteiger partial charge in [0.2, 0.25) is 0 Å². The van der Waals surface area contributed by atoms with Crippen LogP contribution in [-0.2, 0) is 4.74 Å². The maximum absolute atomic E-state index is 13.2. The Morgan fingerprint density at radius 1 is 0.673 bits per heavy atom. The van der Waals surface area contributed by atoms with E-state index < -0.39 is 0 Å². The van der Waals surface area contributed by atoms with Crippen LogP contribution in [0.1, 0.15) is 128 Å². The molecule has 0 amide bonds. The first-order valence-electron chi connectivity index (χ1n) is 18.9. The number of benzene rings is 1. The minimum absolute atomic E-state index is 0.197. The van der Waals surface area contributed by atoms with Gasteiger partial charge in [-0.3, -0.25) is 0 Å². The predicted molar refractivity (Wildman–Crippen MR) is 217 cm³/mol. The lowest BCUT2D eigenvalue weighted by atomic mass is 10.0. The quantitative estimate of drug-likeness (QED) is 0.0663. The normalized spacial score (nSPS) is 13.8. The first-order chi connectivity index (χ1) is 24.0. The van der Waals surface area contributed by atoms with E-state index >= 15 is 0 Å². The second-order valence-corrected chi connectivity index (χ2v) is 17.5. The maximum atomic E-state index is 13.2. The highest BCUT2D eigenvalue weighted by molar-refractivity contribution is 7.30. The third-order valence-electron chi connectivity index (χ3n) is 10.0. The fraction of sp³-hybridized carbons (Fsp3) is 0.585. The number of ether oxygens (including phenoxy) is 3. The summed E-state index contributed by atoms with van der Waals surface area (Å²) in [5, 5.41) is 7.79. The smallest absolute Gasteiger partial charge is 0.348 e. The summed E-state index contributed by atoms with van der Waals surface area (Å²) < 4.78 is 23.0. The minimum Gasteiger partial charge on any atom is -0.491 e. The second-order valence-electron chi connectivity index (χ2n) is 13.6. The molecular weight excluding hydrogens is 685 g/mol. The van der Waals surface area contributed by atoms with Gasteiger partial charge in [0.05, 0.1) is 38.8 Å². The van der Waals surface area contributed by atoms with E-state index in [1.807, 2.05) is 6.07 Å². The fourth-order valence-corrected chi connectivity index (χ4v) is 11.0. The number of hydrogen-bond acceptors (Lipinski definition) is 8. The van der Waals surface area contributed by atoms with Crippen molar-refractivity contribution in [2.45, 2.75) is 119 Å². The van der Waals surface area contributed by atoms with Gasteiger partial charge in [0.25, 0.3) is 0 Å². The van der Waals surface area contributed by atoms with Crippen molar-refractivity contribution < 1.29 is 19.0 Å². The number of esters is 1. The van der Waals surface area contributed by atoms with Crippen molar-refractivity contribution in [1.82, 2.24) is 0 Å². The molecule has 0 saturated carbocycles. The van der Waals surface area contributed by atoms with Crippen LogP contribution in [0.3, 0.4) is 0 Å². The predicted octanol–water partition coefficient (Wildman–Crippen LogP) is 14.6. The molecule has 4 heterocycles. The number of thiophene rings is 4. The highest BCUT2D eigenvalue weighted by Gasteiger charge is 2.25. The Labute approximate surface area is 310 Å². The Balaban J connectivity index is 1.51. The van der Waals surface area contributed by atoms with Crippen molar-refractivity contribution in [3.05, 3.63) is 33.8 Å². The van der Waals surface area contributed by atoms with Crippen LogP contribution in [0.5, 0.6) is 11.5 Å². The zero-order valence-electron chi connectivity index (χ0n) is 30.5. The van der Waals surface area contributed by atoms with E-state index in [0.29, 0.717) is 29.2 Å². The first-order valence-corrected chi connectivity index (χ1v) is 22.3. The zero-order chi connectivity index (χ0) is 34.8. The topological polar surface area (TPSA) is 44.8 Å². The lowest BCUT2D eigenvalue weighted by molar-refractivity contribution is 0.0434. The summed E-state index contributed by atoms with van der Waals surface area (Å²) in [5.74, 6) is 3.32. The second kappa shape index (κ2) is 18.9. The van der Waals surface area contributed by atoms with Crippen molar-refractivity contribution in [3.8, 4) is 21.3 Å². The Morgan fingerprint density at radius 3 is 1.86 bits per heavy atom. The number of fused-ring (bicyclic) bond motifs is 3. The van der Waals surface area contributed by atoms with Crippen LogP contribution in [0.4, 0.5) is 0 Å². The summed E-state index contributed by atoms with van der Waals surface area (Å²) in [5.41, 5.74) is 0. The molecule has 0 N–H and O–H groups in total. The van der Waals surface area contributed by atoms with Crippen molar-refractivity contribution in [3.63, 3.8) is 0 Å². The van der Waals surface area contributed by atoms with Crippen LogP contribution in [0.15, 0.2) is 29.0 Å². The fourth-order valence-electron chi connectivity index (χ4n) is 6.51. The molecule has 4 aromatic heterocycles. The lowest BCUT2D eigenvalue weighted by Gasteiger charge is -2.19. The van der Waals surface area contributed by atoms with Crippen molar-refractivity contribution in [1.29, 1.82) is 0 Å². The molecule has 5 aromatic rings. The summed E-state index contributed by atoms with van der Waals surface area (Å²) in [6.45, 7) is 15.5. The molecule has 1 aromatic carbocycles. The summed E-state index contributed by atoms with van der Waals surface area (Å²) in [7, 11) is 0. The van der Waals surface area contributed by atoms with Crippen molar-refractivity contribution >= 4 is 81.6 Å². The lowest BCUT2D eigenvalue weighted by Crippen LogP contribution is -2.13. The van der Waals surface area contributed by atoms with Gasteiger partial charge in [0.15, 0.2) is 0 Å². The molecule has 0 aliphatic heterocycles. The van der Waals surface area contributed by atoms with Crippen LogP contribution in [0.25, 0.3) is 40.0 Å². The molecule has 8 heteroatoms. The van der Waals surface area contributed by atoms with Gasteiger partial charge in [0.1, 0.15) is 16.4 Å².